The lowest BCUT2D eigenvalue weighted by atomic mass is 9.95. The molecule has 0 spiro atoms. The Morgan fingerprint density at radius 1 is 1.50 bits per heavy atom. The topological polar surface area (TPSA) is 37.6 Å². The van der Waals surface area contributed by atoms with Crippen molar-refractivity contribution in [1.82, 2.24) is 10.2 Å². The number of hydrogen-bond donors (Lipinski definition) is 1. The Kier molecular flexibility index (Phi) is 5.24. The predicted octanol–water partition coefficient (Wildman–Crippen LogP) is 2.70. The number of likely N-dealkylation sites (tertiary alicyclic amines) is 1. The summed E-state index contributed by atoms with van der Waals surface area (Å²) in [6.45, 7) is 11.2. The molecule has 0 aromatic carbocycles. The minimum atomic E-state index is -0.00746. The zero-order valence-corrected chi connectivity index (χ0v) is 13.3. The lowest BCUT2D eigenvalue weighted by Gasteiger charge is -2.39. The van der Waals surface area contributed by atoms with E-state index >= 15 is 0 Å². The fourth-order valence-corrected chi connectivity index (χ4v) is 2.91. The molecule has 4 heteroatoms. The van der Waals surface area contributed by atoms with Gasteiger partial charge in [-0.05, 0) is 51.4 Å². The van der Waals surface area contributed by atoms with Crippen molar-refractivity contribution in [1.29, 1.82) is 0 Å². The third-order valence-corrected chi connectivity index (χ3v) is 4.22. The average Bonchev–Trinajstić information content (AvgIpc) is 2.76. The number of methoxy groups -OCH3 is 1. The van der Waals surface area contributed by atoms with Crippen molar-refractivity contribution in [2.75, 3.05) is 26.7 Å². The van der Waals surface area contributed by atoms with Crippen LogP contribution in [0, 0.1) is 6.92 Å². The summed E-state index contributed by atoms with van der Waals surface area (Å²) in [5, 5.41) is 3.32. The maximum absolute atomic E-state index is 5.98. The molecule has 1 atom stereocenters. The molecule has 1 aliphatic heterocycles. The summed E-state index contributed by atoms with van der Waals surface area (Å²) < 4.78 is 11.6. The van der Waals surface area contributed by atoms with Gasteiger partial charge in [0.25, 0.3) is 0 Å². The van der Waals surface area contributed by atoms with Crippen molar-refractivity contribution >= 4 is 0 Å². The molecule has 0 aliphatic carbocycles. The van der Waals surface area contributed by atoms with Gasteiger partial charge in [0.1, 0.15) is 11.5 Å². The van der Waals surface area contributed by atoms with Crippen LogP contribution < -0.4 is 5.32 Å². The fourth-order valence-electron chi connectivity index (χ4n) is 2.91. The third-order valence-electron chi connectivity index (χ3n) is 4.22. The van der Waals surface area contributed by atoms with Crippen LogP contribution in [0.15, 0.2) is 10.5 Å². The Balaban J connectivity index is 1.96. The highest BCUT2D eigenvalue weighted by Gasteiger charge is 2.31. The van der Waals surface area contributed by atoms with Crippen molar-refractivity contribution in [3.63, 3.8) is 0 Å². The lowest BCUT2D eigenvalue weighted by molar-refractivity contribution is -0.0539. The molecule has 2 heterocycles. The number of hydrogen-bond acceptors (Lipinski definition) is 4. The van der Waals surface area contributed by atoms with Crippen molar-refractivity contribution < 1.29 is 9.15 Å². The normalized spacial score (nSPS) is 24.2. The van der Waals surface area contributed by atoms with Crippen molar-refractivity contribution in [3.05, 3.63) is 23.2 Å². The molecule has 1 aromatic heterocycles. The first kappa shape index (κ1) is 15.5. The number of nitrogens with zero attached hydrogens (tertiary/aromatic N) is 1. The van der Waals surface area contributed by atoms with E-state index in [0.29, 0.717) is 0 Å². The molecule has 0 saturated carbocycles. The van der Waals surface area contributed by atoms with Gasteiger partial charge in [-0.3, -0.25) is 4.90 Å². The van der Waals surface area contributed by atoms with E-state index in [0.717, 1.165) is 50.7 Å². The SMILES string of the molecule is CCNCc1oc(CN2CCCC(C)(OC)C2)cc1C. The van der Waals surface area contributed by atoms with Crippen LogP contribution in [0.3, 0.4) is 0 Å². The smallest absolute Gasteiger partial charge is 0.120 e. The lowest BCUT2D eigenvalue weighted by Crippen LogP contribution is -2.46. The van der Waals surface area contributed by atoms with Gasteiger partial charge in [-0.25, -0.2) is 0 Å². The van der Waals surface area contributed by atoms with E-state index in [1.165, 1.54) is 12.0 Å². The van der Waals surface area contributed by atoms with Crippen molar-refractivity contribution in [2.45, 2.75) is 52.3 Å². The van der Waals surface area contributed by atoms with Gasteiger partial charge in [-0.2, -0.15) is 0 Å². The van der Waals surface area contributed by atoms with E-state index in [2.05, 4.69) is 37.1 Å². The van der Waals surface area contributed by atoms with Gasteiger partial charge < -0.3 is 14.5 Å². The summed E-state index contributed by atoms with van der Waals surface area (Å²) in [7, 11) is 1.81. The predicted molar refractivity (Wildman–Crippen MR) is 80.8 cm³/mol. The average molecular weight is 280 g/mol. The van der Waals surface area contributed by atoms with E-state index < -0.39 is 0 Å². The minimum absolute atomic E-state index is 0.00746. The molecule has 114 valence electrons. The monoisotopic (exact) mass is 280 g/mol. The first-order valence-electron chi connectivity index (χ1n) is 7.63. The highest BCUT2D eigenvalue weighted by atomic mass is 16.5. The molecular formula is C16H28N2O2. The van der Waals surface area contributed by atoms with Gasteiger partial charge in [0, 0.05) is 13.7 Å². The first-order valence-corrected chi connectivity index (χ1v) is 7.63. The quantitative estimate of drug-likeness (QED) is 0.869. The molecule has 0 bridgehead atoms. The van der Waals surface area contributed by atoms with Crippen LogP contribution in [0.5, 0.6) is 0 Å². The summed E-state index contributed by atoms with van der Waals surface area (Å²) in [5.41, 5.74) is 1.24. The summed E-state index contributed by atoms with van der Waals surface area (Å²) >= 11 is 0. The van der Waals surface area contributed by atoms with Crippen molar-refractivity contribution in [2.24, 2.45) is 0 Å². The molecular weight excluding hydrogens is 252 g/mol. The standard InChI is InChI=1S/C16H28N2O2/c1-5-17-10-15-13(2)9-14(20-15)11-18-8-6-7-16(3,12-18)19-4/h9,17H,5-8,10-12H2,1-4H3. The number of aryl methyl sites for hydroxylation is 1. The molecule has 1 N–H and O–H groups in total. The molecule has 1 aromatic rings. The zero-order valence-electron chi connectivity index (χ0n) is 13.3. The number of piperidine rings is 1. The number of rotatable bonds is 6. The van der Waals surface area contributed by atoms with E-state index in [4.69, 9.17) is 9.15 Å². The summed E-state index contributed by atoms with van der Waals surface area (Å²) in [5.74, 6) is 2.13. The summed E-state index contributed by atoms with van der Waals surface area (Å²) in [4.78, 5) is 2.43. The van der Waals surface area contributed by atoms with Crippen LogP contribution in [-0.4, -0.2) is 37.2 Å². The highest BCUT2D eigenvalue weighted by Crippen LogP contribution is 2.26. The minimum Gasteiger partial charge on any atom is -0.463 e. The van der Waals surface area contributed by atoms with Crippen LogP contribution in [-0.2, 0) is 17.8 Å². The number of furan rings is 1. The van der Waals surface area contributed by atoms with E-state index in [1.807, 2.05) is 7.11 Å². The van der Waals surface area contributed by atoms with Crippen LogP contribution in [0.2, 0.25) is 0 Å². The molecule has 20 heavy (non-hydrogen) atoms. The van der Waals surface area contributed by atoms with E-state index in [-0.39, 0.29) is 5.60 Å². The second-order valence-electron chi connectivity index (χ2n) is 6.07. The third kappa shape index (κ3) is 3.84. The molecule has 1 fully saturated rings. The zero-order chi connectivity index (χ0) is 14.6. The van der Waals surface area contributed by atoms with Gasteiger partial charge in [-0.1, -0.05) is 6.92 Å². The Labute approximate surface area is 122 Å². The van der Waals surface area contributed by atoms with Gasteiger partial charge in [-0.15, -0.1) is 0 Å². The molecule has 1 unspecified atom stereocenters. The maximum Gasteiger partial charge on any atom is 0.120 e. The number of nitrogens with one attached hydrogen (secondary N) is 1. The Bertz CT molecular complexity index is 430. The van der Waals surface area contributed by atoms with Gasteiger partial charge in [0.15, 0.2) is 0 Å². The molecule has 2 rings (SSSR count). The molecule has 0 radical (unpaired) electrons. The summed E-state index contributed by atoms with van der Waals surface area (Å²) in [6.07, 6.45) is 2.33. The first-order chi connectivity index (χ1) is 9.56. The van der Waals surface area contributed by atoms with E-state index in [1.54, 1.807) is 0 Å². The molecule has 1 aliphatic rings. The maximum atomic E-state index is 5.98. The van der Waals surface area contributed by atoms with Gasteiger partial charge >= 0.3 is 0 Å². The van der Waals surface area contributed by atoms with Crippen molar-refractivity contribution in [3.8, 4) is 0 Å². The molecule has 1 saturated heterocycles. The van der Waals surface area contributed by atoms with Gasteiger partial charge in [0.2, 0.25) is 0 Å². The fraction of sp³-hybridized carbons (Fsp3) is 0.750. The number of ether oxygens (including phenoxy) is 1. The molecule has 4 nitrogen and oxygen atoms in total. The van der Waals surface area contributed by atoms with Crippen LogP contribution >= 0.6 is 0 Å². The second kappa shape index (κ2) is 6.74. The highest BCUT2D eigenvalue weighted by molar-refractivity contribution is 5.20. The second-order valence-corrected chi connectivity index (χ2v) is 6.07. The Morgan fingerprint density at radius 2 is 2.30 bits per heavy atom. The van der Waals surface area contributed by atoms with Crippen LogP contribution in [0.1, 0.15) is 43.8 Å². The van der Waals surface area contributed by atoms with Crippen LogP contribution in [0.4, 0.5) is 0 Å². The Hall–Kier alpha value is -0.840. The Morgan fingerprint density at radius 3 is 3.00 bits per heavy atom. The molecule has 0 amide bonds. The van der Waals surface area contributed by atoms with Gasteiger partial charge in [0.05, 0.1) is 18.7 Å². The summed E-state index contributed by atoms with van der Waals surface area (Å²) in [6, 6.07) is 2.17. The largest absolute Gasteiger partial charge is 0.463 e. The van der Waals surface area contributed by atoms with Crippen LogP contribution in [0.25, 0.3) is 0 Å². The van der Waals surface area contributed by atoms with E-state index in [9.17, 15) is 0 Å².